The Morgan fingerprint density at radius 1 is 1.38 bits per heavy atom. The molecule has 1 fully saturated rings. The highest BCUT2D eigenvalue weighted by atomic mass is 16.5. The summed E-state index contributed by atoms with van der Waals surface area (Å²) in [4.78, 5) is 31.2. The van der Waals surface area contributed by atoms with Crippen molar-refractivity contribution in [2.24, 2.45) is 5.92 Å². The molecule has 3 unspecified atom stereocenters. The molecular weight excluding hydrogens is 310 g/mol. The van der Waals surface area contributed by atoms with Crippen LogP contribution in [0.25, 0.3) is 0 Å². The van der Waals surface area contributed by atoms with Gasteiger partial charge in [-0.3, -0.25) is 9.59 Å². The molecule has 0 aliphatic carbocycles. The number of carboxylic acids is 1. The lowest BCUT2D eigenvalue weighted by Gasteiger charge is -2.36. The van der Waals surface area contributed by atoms with Crippen LogP contribution in [0.1, 0.15) is 31.1 Å². The molecule has 2 rings (SSSR count). The van der Waals surface area contributed by atoms with Crippen LogP contribution in [0.15, 0.2) is 18.3 Å². The first-order chi connectivity index (χ1) is 11.3. The minimum Gasteiger partial charge on any atom is -0.481 e. The van der Waals surface area contributed by atoms with Crippen molar-refractivity contribution in [3.05, 3.63) is 23.9 Å². The topological polar surface area (TPSA) is 83.0 Å². The predicted molar refractivity (Wildman–Crippen MR) is 90.2 cm³/mol. The summed E-state index contributed by atoms with van der Waals surface area (Å²) in [6.07, 6.45) is 1.82. The molecule has 132 valence electrons. The van der Waals surface area contributed by atoms with Crippen LogP contribution in [0, 0.1) is 5.92 Å². The zero-order chi connectivity index (χ0) is 17.9. The zero-order valence-corrected chi connectivity index (χ0v) is 14.6. The minimum atomic E-state index is -0.918. The van der Waals surface area contributed by atoms with Crippen molar-refractivity contribution in [1.82, 2.24) is 9.88 Å². The smallest absolute Gasteiger partial charge is 0.308 e. The number of ether oxygens (including phenoxy) is 1. The molecule has 1 N–H and O–H groups in total. The number of anilines is 1. The third kappa shape index (κ3) is 4.44. The number of carbonyl (C=O) groups is 2. The number of hydrogen-bond donors (Lipinski definition) is 1. The summed E-state index contributed by atoms with van der Waals surface area (Å²) in [6, 6.07) is 3.56. The van der Waals surface area contributed by atoms with Crippen molar-refractivity contribution >= 4 is 17.7 Å². The average molecular weight is 335 g/mol. The third-order valence-electron chi connectivity index (χ3n) is 4.05. The van der Waals surface area contributed by atoms with Crippen LogP contribution in [0.2, 0.25) is 0 Å². The van der Waals surface area contributed by atoms with Gasteiger partial charge in [-0.25, -0.2) is 4.98 Å². The van der Waals surface area contributed by atoms with Crippen LogP contribution in [0.5, 0.6) is 0 Å². The van der Waals surface area contributed by atoms with E-state index in [9.17, 15) is 9.59 Å². The largest absolute Gasteiger partial charge is 0.481 e. The number of hydrogen-bond acceptors (Lipinski definition) is 5. The van der Waals surface area contributed by atoms with Crippen LogP contribution >= 0.6 is 0 Å². The van der Waals surface area contributed by atoms with Crippen molar-refractivity contribution < 1.29 is 19.4 Å². The summed E-state index contributed by atoms with van der Waals surface area (Å²) in [5, 5.41) is 8.94. The van der Waals surface area contributed by atoms with Gasteiger partial charge in [-0.15, -0.1) is 0 Å². The fourth-order valence-electron chi connectivity index (χ4n) is 2.86. The summed E-state index contributed by atoms with van der Waals surface area (Å²) in [5.41, 5.74) is 0.452. The highest BCUT2D eigenvalue weighted by Crippen LogP contribution is 2.19. The van der Waals surface area contributed by atoms with Crippen molar-refractivity contribution in [1.29, 1.82) is 0 Å². The summed E-state index contributed by atoms with van der Waals surface area (Å²) >= 11 is 0. The zero-order valence-electron chi connectivity index (χ0n) is 14.6. The monoisotopic (exact) mass is 335 g/mol. The van der Waals surface area contributed by atoms with Gasteiger partial charge < -0.3 is 19.6 Å². The molecule has 0 bridgehead atoms. The maximum absolute atomic E-state index is 12.4. The Kier molecular flexibility index (Phi) is 5.77. The van der Waals surface area contributed by atoms with Crippen molar-refractivity contribution in [3.8, 4) is 0 Å². The maximum Gasteiger partial charge on any atom is 0.308 e. The number of carboxylic acid groups (broad SMARTS) is 1. The lowest BCUT2D eigenvalue weighted by atomic mass is 10.1. The number of aliphatic carboxylic acids is 1. The number of pyridine rings is 1. The summed E-state index contributed by atoms with van der Waals surface area (Å²) in [7, 11) is 1.60. The van der Waals surface area contributed by atoms with E-state index in [0.717, 1.165) is 18.9 Å². The van der Waals surface area contributed by atoms with Crippen LogP contribution in [-0.4, -0.2) is 65.8 Å². The molecule has 0 spiro atoms. The summed E-state index contributed by atoms with van der Waals surface area (Å²) in [5.74, 6) is -0.942. The van der Waals surface area contributed by atoms with Crippen LogP contribution in [-0.2, 0) is 9.53 Å². The number of nitrogens with zero attached hydrogens (tertiary/aromatic N) is 3. The molecule has 0 saturated carbocycles. The Morgan fingerprint density at radius 3 is 2.50 bits per heavy atom. The van der Waals surface area contributed by atoms with E-state index in [-0.39, 0.29) is 24.7 Å². The average Bonchev–Trinajstić information content (AvgIpc) is 2.53. The van der Waals surface area contributed by atoms with E-state index in [1.54, 1.807) is 26.2 Å². The van der Waals surface area contributed by atoms with E-state index in [2.05, 4.69) is 9.88 Å². The molecule has 2 heterocycles. The Balaban J connectivity index is 2.03. The predicted octanol–water partition coefficient (Wildman–Crippen LogP) is 1.49. The van der Waals surface area contributed by atoms with Crippen LogP contribution < -0.4 is 4.90 Å². The highest BCUT2D eigenvalue weighted by molar-refractivity contribution is 5.94. The number of morpholine rings is 1. The van der Waals surface area contributed by atoms with Gasteiger partial charge in [0, 0.05) is 32.9 Å². The SMILES string of the molecule is CC1CN(c2ccc(C(=O)N(C)CC(C)C(=O)O)cn2)CC(C)O1. The number of amides is 1. The second-order valence-corrected chi connectivity index (χ2v) is 6.49. The maximum atomic E-state index is 12.4. The molecule has 0 radical (unpaired) electrons. The van der Waals surface area contributed by atoms with Gasteiger partial charge in [0.15, 0.2) is 0 Å². The molecule has 1 amide bonds. The third-order valence-corrected chi connectivity index (χ3v) is 4.05. The first-order valence-electron chi connectivity index (χ1n) is 8.12. The second-order valence-electron chi connectivity index (χ2n) is 6.49. The molecule has 24 heavy (non-hydrogen) atoms. The molecule has 1 aliphatic rings. The number of aromatic nitrogens is 1. The fraction of sp³-hybridized carbons (Fsp3) is 0.588. The van der Waals surface area contributed by atoms with Crippen molar-refractivity contribution in [2.75, 3.05) is 31.6 Å². The van der Waals surface area contributed by atoms with Gasteiger partial charge in [-0.05, 0) is 26.0 Å². The molecule has 7 nitrogen and oxygen atoms in total. The molecule has 1 aromatic rings. The lowest BCUT2D eigenvalue weighted by Crippen LogP contribution is -2.45. The van der Waals surface area contributed by atoms with Crippen molar-refractivity contribution in [2.45, 2.75) is 33.0 Å². The molecule has 7 heteroatoms. The van der Waals surface area contributed by atoms with E-state index in [0.29, 0.717) is 5.56 Å². The van der Waals surface area contributed by atoms with Crippen molar-refractivity contribution in [3.63, 3.8) is 0 Å². The van der Waals surface area contributed by atoms with E-state index < -0.39 is 11.9 Å². The van der Waals surface area contributed by atoms with Gasteiger partial charge in [0.05, 0.1) is 23.7 Å². The quantitative estimate of drug-likeness (QED) is 0.878. The van der Waals surface area contributed by atoms with Gasteiger partial charge >= 0.3 is 5.97 Å². The number of rotatable bonds is 5. The van der Waals surface area contributed by atoms with E-state index in [1.165, 1.54) is 4.90 Å². The van der Waals surface area contributed by atoms with Crippen LogP contribution in [0.4, 0.5) is 5.82 Å². The molecule has 1 aromatic heterocycles. The summed E-state index contributed by atoms with van der Waals surface area (Å²) < 4.78 is 5.71. The lowest BCUT2D eigenvalue weighted by molar-refractivity contribution is -0.141. The Bertz CT molecular complexity index is 580. The normalized spacial score (nSPS) is 22.1. The Morgan fingerprint density at radius 2 is 2.00 bits per heavy atom. The van der Waals surface area contributed by atoms with Gasteiger partial charge in [-0.1, -0.05) is 6.92 Å². The van der Waals surface area contributed by atoms with Gasteiger partial charge in [0.2, 0.25) is 0 Å². The molecule has 0 aromatic carbocycles. The van der Waals surface area contributed by atoms with Gasteiger partial charge in [0.1, 0.15) is 5.82 Å². The van der Waals surface area contributed by atoms with Crippen LogP contribution in [0.3, 0.4) is 0 Å². The fourth-order valence-corrected chi connectivity index (χ4v) is 2.86. The highest BCUT2D eigenvalue weighted by Gasteiger charge is 2.24. The molecule has 3 atom stereocenters. The van der Waals surface area contributed by atoms with E-state index >= 15 is 0 Å². The summed E-state index contributed by atoms with van der Waals surface area (Å²) in [6.45, 7) is 7.32. The first kappa shape index (κ1) is 18.2. The molecule has 1 aliphatic heterocycles. The van der Waals surface area contributed by atoms with Gasteiger partial charge in [-0.2, -0.15) is 0 Å². The van der Waals surface area contributed by atoms with E-state index in [4.69, 9.17) is 9.84 Å². The minimum absolute atomic E-state index is 0.139. The second kappa shape index (κ2) is 7.61. The molecular formula is C17H25N3O4. The number of carbonyl (C=O) groups excluding carboxylic acids is 1. The molecule has 1 saturated heterocycles. The standard InChI is InChI=1S/C17H25N3O4/c1-11(17(22)23)8-19(4)16(21)14-5-6-15(18-7-14)20-9-12(2)24-13(3)10-20/h5-7,11-13H,8-10H2,1-4H3,(H,22,23). The Labute approximate surface area is 142 Å². The van der Waals surface area contributed by atoms with Gasteiger partial charge in [0.25, 0.3) is 5.91 Å². The Hall–Kier alpha value is -2.15. The van der Waals surface area contributed by atoms with E-state index in [1.807, 2.05) is 19.9 Å². The first-order valence-corrected chi connectivity index (χ1v) is 8.12.